The van der Waals surface area contributed by atoms with Crippen molar-refractivity contribution in [2.45, 2.75) is 32.2 Å². The number of halogens is 1. The van der Waals surface area contributed by atoms with Crippen LogP contribution in [0.3, 0.4) is 0 Å². The molecule has 1 unspecified atom stereocenters. The highest BCUT2D eigenvalue weighted by Crippen LogP contribution is 2.53. The number of para-hydroxylation sites is 1. The van der Waals surface area contributed by atoms with Gasteiger partial charge in [-0.3, -0.25) is 14.5 Å². The number of amides is 2. The average Bonchev–Trinajstić information content (AvgIpc) is 3.15. The molecule has 1 atom stereocenters. The van der Waals surface area contributed by atoms with Gasteiger partial charge < -0.3 is 4.90 Å². The molecule has 3 aromatic carbocycles. The topological polar surface area (TPSA) is 74.8 Å². The minimum atomic E-state index is -4.22. The maximum Gasteiger partial charge on any atom is 0.274 e. The molecule has 0 radical (unpaired) electrons. The zero-order chi connectivity index (χ0) is 24.4. The number of hydrogen-bond donors (Lipinski definition) is 0. The first-order valence-electron chi connectivity index (χ1n) is 10.9. The second kappa shape index (κ2) is 7.68. The van der Waals surface area contributed by atoms with Crippen LogP contribution < -0.4 is 9.80 Å². The third-order valence-electron chi connectivity index (χ3n) is 6.67. The normalized spacial score (nSPS) is 20.9. The van der Waals surface area contributed by atoms with Gasteiger partial charge in [-0.1, -0.05) is 59.6 Å². The van der Waals surface area contributed by atoms with Crippen LogP contribution in [0.4, 0.5) is 11.4 Å². The summed E-state index contributed by atoms with van der Waals surface area (Å²) in [7, 11) is -4.22. The summed E-state index contributed by atoms with van der Waals surface area (Å²) in [6.07, 6.45) is 0. The van der Waals surface area contributed by atoms with Gasteiger partial charge in [-0.2, -0.15) is 0 Å². The molecular weight excluding hydrogens is 472 g/mol. The number of aryl methyl sites for hydroxylation is 3. The Bertz CT molecular complexity index is 1480. The van der Waals surface area contributed by atoms with Crippen molar-refractivity contribution < 1.29 is 18.0 Å². The van der Waals surface area contributed by atoms with Crippen molar-refractivity contribution in [3.05, 3.63) is 93.5 Å². The Morgan fingerprint density at radius 2 is 1.65 bits per heavy atom. The summed E-state index contributed by atoms with van der Waals surface area (Å²) in [5, 5.41) is 0.385. The lowest BCUT2D eigenvalue weighted by Crippen LogP contribution is -2.54. The molecule has 1 fully saturated rings. The fourth-order valence-electron chi connectivity index (χ4n) is 4.91. The first-order chi connectivity index (χ1) is 16.1. The number of benzene rings is 3. The Morgan fingerprint density at radius 1 is 0.941 bits per heavy atom. The van der Waals surface area contributed by atoms with E-state index in [4.69, 9.17) is 11.6 Å². The highest BCUT2D eigenvalue weighted by Gasteiger charge is 2.69. The van der Waals surface area contributed by atoms with E-state index in [2.05, 4.69) is 0 Å². The molecule has 2 aliphatic heterocycles. The molecule has 3 aromatic rings. The third-order valence-corrected chi connectivity index (χ3v) is 9.18. The Hall–Kier alpha value is -3.16. The second-order valence-corrected chi connectivity index (χ2v) is 11.4. The lowest BCUT2D eigenvalue weighted by molar-refractivity contribution is -0.123. The van der Waals surface area contributed by atoms with Crippen LogP contribution in [0.2, 0.25) is 5.02 Å². The minimum absolute atomic E-state index is 0.192. The molecule has 0 bridgehead atoms. The summed E-state index contributed by atoms with van der Waals surface area (Å²) < 4.78 is 27.4. The van der Waals surface area contributed by atoms with E-state index in [1.165, 1.54) is 4.90 Å². The van der Waals surface area contributed by atoms with E-state index in [0.29, 0.717) is 10.7 Å². The van der Waals surface area contributed by atoms with Crippen molar-refractivity contribution in [3.8, 4) is 0 Å². The molecule has 1 spiro atoms. The van der Waals surface area contributed by atoms with Crippen LogP contribution in [0, 0.1) is 20.8 Å². The molecule has 2 heterocycles. The predicted octanol–water partition coefficient (Wildman–Crippen LogP) is 4.43. The van der Waals surface area contributed by atoms with E-state index in [-0.39, 0.29) is 17.8 Å². The number of carbonyl (C=O) groups is 2. The molecule has 34 heavy (non-hydrogen) atoms. The minimum Gasteiger partial charge on any atom is -0.304 e. The van der Waals surface area contributed by atoms with Crippen molar-refractivity contribution in [3.63, 3.8) is 0 Å². The maximum atomic E-state index is 14.2. The first kappa shape index (κ1) is 22.6. The van der Waals surface area contributed by atoms with Crippen LogP contribution in [0.1, 0.15) is 27.8 Å². The molecule has 6 nitrogen and oxygen atoms in total. The summed E-state index contributed by atoms with van der Waals surface area (Å²) in [5.74, 6) is -2.07. The van der Waals surface area contributed by atoms with Gasteiger partial charge in [0, 0.05) is 16.3 Å². The Kier molecular flexibility index (Phi) is 5.11. The molecule has 8 heteroatoms. The van der Waals surface area contributed by atoms with Gasteiger partial charge >= 0.3 is 0 Å². The van der Waals surface area contributed by atoms with Crippen LogP contribution in [-0.4, -0.2) is 26.0 Å². The van der Waals surface area contributed by atoms with Gasteiger partial charge in [0.05, 0.1) is 12.2 Å². The van der Waals surface area contributed by atoms with Crippen molar-refractivity contribution in [2.24, 2.45) is 0 Å². The van der Waals surface area contributed by atoms with Crippen molar-refractivity contribution in [1.82, 2.24) is 0 Å². The van der Waals surface area contributed by atoms with Gasteiger partial charge in [-0.15, -0.1) is 0 Å². The molecule has 0 N–H and O–H groups in total. The summed E-state index contributed by atoms with van der Waals surface area (Å²) in [6, 6.07) is 17.6. The largest absolute Gasteiger partial charge is 0.304 e. The molecular formula is C26H23ClN2O4S. The number of fused-ring (bicyclic) bond motifs is 2. The van der Waals surface area contributed by atoms with Crippen molar-refractivity contribution >= 4 is 44.6 Å². The molecule has 0 aromatic heterocycles. The van der Waals surface area contributed by atoms with Crippen LogP contribution in [0.5, 0.6) is 0 Å². The van der Waals surface area contributed by atoms with Gasteiger partial charge in [0.2, 0.25) is 5.91 Å². The molecule has 1 saturated heterocycles. The second-order valence-electron chi connectivity index (χ2n) is 8.90. The quantitative estimate of drug-likeness (QED) is 0.540. The van der Waals surface area contributed by atoms with Crippen LogP contribution in [0.25, 0.3) is 0 Å². The third kappa shape index (κ3) is 3.03. The molecule has 174 valence electrons. The van der Waals surface area contributed by atoms with Gasteiger partial charge in [0.25, 0.3) is 10.8 Å². The number of sulfone groups is 1. The standard InChI is InChI=1S/C26H23ClN2O4S/c1-16-8-9-17(2)19(12-16)14-28-23-7-5-4-6-21(23)26(25(28)31)29(24(30)15-34(26,32)33)20-11-10-18(3)22(27)13-20/h4-13H,14-15H2,1-3H3. The van der Waals surface area contributed by atoms with Crippen LogP contribution >= 0.6 is 11.6 Å². The van der Waals surface area contributed by atoms with Gasteiger partial charge in [-0.25, -0.2) is 8.42 Å². The van der Waals surface area contributed by atoms with Gasteiger partial charge in [0.1, 0.15) is 5.75 Å². The van der Waals surface area contributed by atoms with Crippen molar-refractivity contribution in [2.75, 3.05) is 15.6 Å². The number of hydrogen-bond acceptors (Lipinski definition) is 4. The number of rotatable bonds is 3. The summed E-state index contributed by atoms with van der Waals surface area (Å²) in [5.41, 5.74) is 4.76. The molecule has 0 saturated carbocycles. The SMILES string of the molecule is Cc1ccc(C)c(CN2C(=O)C3(c4ccccc42)N(c2ccc(C)c(Cl)c2)C(=O)CS3(=O)=O)c1. The lowest BCUT2D eigenvalue weighted by Gasteiger charge is -2.33. The average molecular weight is 495 g/mol. The smallest absolute Gasteiger partial charge is 0.274 e. The van der Waals surface area contributed by atoms with Crippen molar-refractivity contribution in [1.29, 1.82) is 0 Å². The van der Waals surface area contributed by atoms with E-state index in [1.807, 2.05) is 39.0 Å². The first-order valence-corrected chi connectivity index (χ1v) is 12.9. The number of nitrogens with zero attached hydrogens (tertiary/aromatic N) is 2. The van der Waals surface area contributed by atoms with Crippen LogP contribution in [-0.2, 0) is 30.8 Å². The predicted molar refractivity (Wildman–Crippen MR) is 133 cm³/mol. The van der Waals surface area contributed by atoms with Gasteiger partial charge in [0.15, 0.2) is 9.84 Å². The van der Waals surface area contributed by atoms with E-state index in [0.717, 1.165) is 27.2 Å². The fourth-order valence-corrected chi connectivity index (χ4v) is 7.12. The number of anilines is 2. The fraction of sp³-hybridized carbons (Fsp3) is 0.231. The molecule has 0 aliphatic carbocycles. The molecule has 2 aliphatic rings. The van der Waals surface area contributed by atoms with E-state index < -0.39 is 32.3 Å². The molecule has 2 amide bonds. The lowest BCUT2D eigenvalue weighted by atomic mass is 10.0. The van der Waals surface area contributed by atoms with Crippen LogP contribution in [0.15, 0.2) is 60.7 Å². The summed E-state index contributed by atoms with van der Waals surface area (Å²) in [6.45, 7) is 5.92. The zero-order valence-corrected chi connectivity index (χ0v) is 20.6. The van der Waals surface area contributed by atoms with E-state index in [9.17, 15) is 18.0 Å². The Balaban J connectivity index is 1.75. The summed E-state index contributed by atoms with van der Waals surface area (Å²) >= 11 is 6.33. The highest BCUT2D eigenvalue weighted by atomic mass is 35.5. The Labute approximate surface area is 203 Å². The van der Waals surface area contributed by atoms with E-state index in [1.54, 1.807) is 42.5 Å². The summed E-state index contributed by atoms with van der Waals surface area (Å²) in [4.78, 5) is 27.8. The maximum absolute atomic E-state index is 14.2. The van der Waals surface area contributed by atoms with E-state index >= 15 is 0 Å². The monoisotopic (exact) mass is 494 g/mol. The number of carbonyl (C=O) groups excluding carboxylic acids is 2. The highest BCUT2D eigenvalue weighted by molar-refractivity contribution is 7.94. The molecule has 5 rings (SSSR count). The Morgan fingerprint density at radius 3 is 2.38 bits per heavy atom. The van der Waals surface area contributed by atoms with Gasteiger partial charge in [-0.05, 0) is 55.7 Å². The zero-order valence-electron chi connectivity index (χ0n) is 19.0.